The minimum absolute atomic E-state index is 0.219. The first-order valence-corrected chi connectivity index (χ1v) is 6.51. The maximum absolute atomic E-state index is 5.97. The lowest BCUT2D eigenvalue weighted by Crippen LogP contribution is -2.00. The summed E-state index contributed by atoms with van der Waals surface area (Å²) in [5.74, 6) is 1.31. The number of aromatic nitrogens is 4. The van der Waals surface area contributed by atoms with Gasteiger partial charge in [-0.25, -0.2) is 9.97 Å². The fourth-order valence-corrected chi connectivity index (χ4v) is 2.09. The molecule has 20 heavy (non-hydrogen) atoms. The van der Waals surface area contributed by atoms with Crippen LogP contribution >= 0.6 is 11.6 Å². The zero-order valence-corrected chi connectivity index (χ0v) is 11.3. The molecule has 3 rings (SSSR count). The lowest BCUT2D eigenvalue weighted by Gasteiger charge is -2.06. The van der Waals surface area contributed by atoms with Gasteiger partial charge in [0.05, 0.1) is 5.69 Å². The fourth-order valence-electron chi connectivity index (χ4n) is 1.89. The molecule has 0 amide bonds. The molecule has 3 aromatic rings. The monoisotopic (exact) mass is 285 g/mol. The van der Waals surface area contributed by atoms with Crippen LogP contribution in [0.15, 0.2) is 48.7 Å². The lowest BCUT2D eigenvalue weighted by molar-refractivity contribution is 1.03. The van der Waals surface area contributed by atoms with E-state index in [0.29, 0.717) is 18.1 Å². The van der Waals surface area contributed by atoms with Crippen LogP contribution in [0.3, 0.4) is 0 Å². The number of anilines is 2. The van der Waals surface area contributed by atoms with Gasteiger partial charge in [-0.15, -0.1) is 0 Å². The van der Waals surface area contributed by atoms with Gasteiger partial charge in [0.2, 0.25) is 5.28 Å². The van der Waals surface area contributed by atoms with Gasteiger partial charge in [0.15, 0.2) is 5.82 Å². The third kappa shape index (κ3) is 3.13. The second kappa shape index (κ2) is 5.71. The molecule has 100 valence electrons. The van der Waals surface area contributed by atoms with E-state index in [1.54, 1.807) is 6.20 Å². The number of nitrogens with one attached hydrogen (secondary N) is 2. The van der Waals surface area contributed by atoms with Gasteiger partial charge in [0.25, 0.3) is 0 Å². The molecule has 0 spiro atoms. The molecule has 0 bridgehead atoms. The second-order valence-electron chi connectivity index (χ2n) is 4.26. The van der Waals surface area contributed by atoms with E-state index in [0.717, 1.165) is 5.69 Å². The van der Waals surface area contributed by atoms with Crippen molar-refractivity contribution in [2.24, 2.45) is 0 Å². The highest BCUT2D eigenvalue weighted by Crippen LogP contribution is 2.17. The third-order valence-corrected chi connectivity index (χ3v) is 2.91. The molecule has 0 aliphatic heterocycles. The summed E-state index contributed by atoms with van der Waals surface area (Å²) in [5.41, 5.74) is 2.03. The largest absolute Gasteiger partial charge is 0.323 e. The molecule has 0 fully saturated rings. The van der Waals surface area contributed by atoms with Gasteiger partial charge >= 0.3 is 0 Å². The first-order valence-electron chi connectivity index (χ1n) is 6.14. The van der Waals surface area contributed by atoms with E-state index < -0.39 is 0 Å². The minimum atomic E-state index is 0.219. The smallest absolute Gasteiger partial charge is 0.224 e. The number of benzene rings is 1. The van der Waals surface area contributed by atoms with Gasteiger partial charge in [0, 0.05) is 24.8 Å². The van der Waals surface area contributed by atoms with E-state index in [9.17, 15) is 0 Å². The maximum Gasteiger partial charge on any atom is 0.224 e. The Morgan fingerprint density at radius 2 is 1.90 bits per heavy atom. The van der Waals surface area contributed by atoms with Crippen LogP contribution in [0.2, 0.25) is 5.28 Å². The van der Waals surface area contributed by atoms with Crippen molar-refractivity contribution in [3.63, 3.8) is 0 Å². The molecule has 0 radical (unpaired) electrons. The third-order valence-electron chi connectivity index (χ3n) is 2.74. The first kappa shape index (κ1) is 12.6. The van der Waals surface area contributed by atoms with Crippen LogP contribution in [-0.2, 0) is 6.42 Å². The summed E-state index contributed by atoms with van der Waals surface area (Å²) in [6.07, 6.45) is 2.44. The number of rotatable bonds is 4. The molecule has 0 aliphatic carbocycles. The zero-order chi connectivity index (χ0) is 13.8. The Hall–Kier alpha value is -2.40. The van der Waals surface area contributed by atoms with Gasteiger partial charge in [-0.1, -0.05) is 30.3 Å². The lowest BCUT2D eigenvalue weighted by atomic mass is 10.1. The standard InChI is InChI=1S/C14H12ClN5/c15-14-17-11(8-10-4-2-1-3-5-10)9-13(19-14)18-12-6-7-16-20-12/h1-7,9H,8H2,(H2,16,17,18,19,20). The van der Waals surface area contributed by atoms with E-state index >= 15 is 0 Å². The summed E-state index contributed by atoms with van der Waals surface area (Å²) >= 11 is 5.97. The molecule has 6 heteroatoms. The van der Waals surface area contributed by atoms with Gasteiger partial charge < -0.3 is 5.32 Å². The van der Waals surface area contributed by atoms with E-state index in [1.165, 1.54) is 5.56 Å². The topological polar surface area (TPSA) is 66.5 Å². The Morgan fingerprint density at radius 1 is 1.05 bits per heavy atom. The average molecular weight is 286 g/mol. The summed E-state index contributed by atoms with van der Waals surface area (Å²) in [4.78, 5) is 8.38. The van der Waals surface area contributed by atoms with Crippen molar-refractivity contribution in [1.29, 1.82) is 0 Å². The van der Waals surface area contributed by atoms with E-state index in [1.807, 2.05) is 30.3 Å². The predicted molar refractivity (Wildman–Crippen MR) is 78.2 cm³/mol. The van der Waals surface area contributed by atoms with Crippen LogP contribution in [0, 0.1) is 0 Å². The molecule has 0 atom stereocenters. The molecule has 0 saturated carbocycles. The molecule has 2 aromatic heterocycles. The first-order chi connectivity index (χ1) is 9.79. The van der Waals surface area contributed by atoms with Crippen LogP contribution in [0.5, 0.6) is 0 Å². The van der Waals surface area contributed by atoms with Gasteiger partial charge in [-0.2, -0.15) is 5.10 Å². The molecule has 1 aromatic carbocycles. The quantitative estimate of drug-likeness (QED) is 0.723. The molecular formula is C14H12ClN5. The Labute approximate surface area is 121 Å². The number of nitrogens with zero attached hydrogens (tertiary/aromatic N) is 3. The Morgan fingerprint density at radius 3 is 2.65 bits per heavy atom. The molecule has 2 N–H and O–H groups in total. The van der Waals surface area contributed by atoms with Crippen molar-refractivity contribution in [3.8, 4) is 0 Å². The van der Waals surface area contributed by atoms with E-state index in [-0.39, 0.29) is 5.28 Å². The normalized spacial score (nSPS) is 10.4. The number of H-pyrrole nitrogens is 1. The zero-order valence-electron chi connectivity index (χ0n) is 10.5. The summed E-state index contributed by atoms with van der Waals surface area (Å²) < 4.78 is 0. The van der Waals surface area contributed by atoms with E-state index in [4.69, 9.17) is 11.6 Å². The number of hydrogen-bond acceptors (Lipinski definition) is 4. The van der Waals surface area contributed by atoms with Crippen molar-refractivity contribution in [2.45, 2.75) is 6.42 Å². The highest BCUT2D eigenvalue weighted by atomic mass is 35.5. The second-order valence-corrected chi connectivity index (χ2v) is 4.60. The van der Waals surface area contributed by atoms with Crippen LogP contribution in [0.4, 0.5) is 11.6 Å². The summed E-state index contributed by atoms with van der Waals surface area (Å²) in [6, 6.07) is 13.8. The van der Waals surface area contributed by atoms with Gasteiger partial charge in [0.1, 0.15) is 5.82 Å². The molecular weight excluding hydrogens is 274 g/mol. The highest BCUT2D eigenvalue weighted by molar-refractivity contribution is 6.28. The van der Waals surface area contributed by atoms with Gasteiger partial charge in [-0.05, 0) is 17.2 Å². The summed E-state index contributed by atoms with van der Waals surface area (Å²) in [5, 5.41) is 10.0. The average Bonchev–Trinajstić information content (AvgIpc) is 2.92. The number of aromatic amines is 1. The molecule has 5 nitrogen and oxygen atoms in total. The van der Waals surface area contributed by atoms with Crippen molar-refractivity contribution in [3.05, 3.63) is 65.2 Å². The van der Waals surface area contributed by atoms with Gasteiger partial charge in [-0.3, -0.25) is 5.10 Å². The van der Waals surface area contributed by atoms with Crippen LogP contribution in [-0.4, -0.2) is 20.2 Å². The molecule has 0 saturated heterocycles. The minimum Gasteiger partial charge on any atom is -0.323 e. The van der Waals surface area contributed by atoms with Crippen LogP contribution < -0.4 is 5.32 Å². The SMILES string of the molecule is Clc1nc(Cc2ccccc2)cc(Nc2cc[nH]n2)n1. The van der Waals surface area contributed by atoms with Crippen molar-refractivity contribution in [2.75, 3.05) is 5.32 Å². The Bertz CT molecular complexity index is 682. The van der Waals surface area contributed by atoms with Crippen molar-refractivity contribution in [1.82, 2.24) is 20.2 Å². The molecule has 0 aliphatic rings. The Kier molecular flexibility index (Phi) is 3.60. The van der Waals surface area contributed by atoms with E-state index in [2.05, 4.69) is 37.6 Å². The van der Waals surface area contributed by atoms with Crippen molar-refractivity contribution >= 4 is 23.2 Å². The molecule has 2 heterocycles. The predicted octanol–water partition coefficient (Wildman–Crippen LogP) is 3.19. The summed E-state index contributed by atoms with van der Waals surface area (Å²) in [6.45, 7) is 0. The Balaban J connectivity index is 1.83. The fraction of sp³-hybridized carbons (Fsp3) is 0.0714. The number of halogens is 1. The summed E-state index contributed by atoms with van der Waals surface area (Å²) in [7, 11) is 0. The molecule has 0 unspecified atom stereocenters. The maximum atomic E-state index is 5.97. The van der Waals surface area contributed by atoms with Crippen LogP contribution in [0.1, 0.15) is 11.3 Å². The number of hydrogen-bond donors (Lipinski definition) is 2. The highest BCUT2D eigenvalue weighted by Gasteiger charge is 2.05. The van der Waals surface area contributed by atoms with Crippen LogP contribution in [0.25, 0.3) is 0 Å². The van der Waals surface area contributed by atoms with Crippen molar-refractivity contribution < 1.29 is 0 Å².